The van der Waals surface area contributed by atoms with Crippen molar-refractivity contribution >= 4 is 23.6 Å². The Bertz CT molecular complexity index is 903. The van der Waals surface area contributed by atoms with Crippen molar-refractivity contribution < 1.29 is 23.9 Å². The average Bonchev–Trinajstić information content (AvgIpc) is 2.94. The van der Waals surface area contributed by atoms with Gasteiger partial charge in [-0.1, -0.05) is 0 Å². The van der Waals surface area contributed by atoms with Crippen LogP contribution in [0.1, 0.15) is 53.3 Å². The molecule has 4 amide bonds. The molecule has 3 aliphatic heterocycles. The van der Waals surface area contributed by atoms with E-state index in [-0.39, 0.29) is 29.5 Å². The van der Waals surface area contributed by atoms with Gasteiger partial charge in [-0.05, 0) is 44.4 Å². The van der Waals surface area contributed by atoms with Crippen molar-refractivity contribution in [2.45, 2.75) is 44.2 Å². The average molecular weight is 414 g/mol. The van der Waals surface area contributed by atoms with Crippen molar-refractivity contribution in [3.8, 4) is 5.75 Å². The number of carbonyl (C=O) groups is 4. The van der Waals surface area contributed by atoms with Crippen molar-refractivity contribution in [1.29, 1.82) is 0 Å². The molecule has 0 bridgehead atoms. The number of imide groups is 2. The third kappa shape index (κ3) is 3.95. The van der Waals surface area contributed by atoms with Gasteiger partial charge in [0.05, 0.1) is 11.1 Å². The second kappa shape index (κ2) is 7.81. The number of rotatable bonds is 5. The van der Waals surface area contributed by atoms with Crippen LogP contribution in [-0.4, -0.2) is 71.3 Å². The van der Waals surface area contributed by atoms with E-state index in [0.717, 1.165) is 37.4 Å². The van der Waals surface area contributed by atoms with Crippen LogP contribution in [0.4, 0.5) is 0 Å². The Hall–Kier alpha value is -2.78. The van der Waals surface area contributed by atoms with Crippen LogP contribution >= 0.6 is 0 Å². The first kappa shape index (κ1) is 20.5. The van der Waals surface area contributed by atoms with Gasteiger partial charge in [0.1, 0.15) is 18.4 Å². The lowest BCUT2D eigenvalue weighted by atomic mass is 9.91. The molecule has 1 aromatic rings. The van der Waals surface area contributed by atoms with Gasteiger partial charge in [0, 0.05) is 31.6 Å². The molecule has 30 heavy (non-hydrogen) atoms. The number of ether oxygens (including phenoxy) is 1. The molecule has 1 atom stereocenters. The van der Waals surface area contributed by atoms with Gasteiger partial charge in [-0.2, -0.15) is 0 Å². The summed E-state index contributed by atoms with van der Waals surface area (Å²) in [6.45, 7) is 5.13. The van der Waals surface area contributed by atoms with Crippen molar-refractivity contribution in [3.63, 3.8) is 0 Å². The summed E-state index contributed by atoms with van der Waals surface area (Å²) < 4.78 is 5.81. The minimum absolute atomic E-state index is 0.0952. The second-order valence-corrected chi connectivity index (χ2v) is 8.50. The summed E-state index contributed by atoms with van der Waals surface area (Å²) in [6.07, 6.45) is 2.12. The zero-order valence-corrected chi connectivity index (χ0v) is 17.0. The monoisotopic (exact) mass is 414 g/mol. The lowest BCUT2D eigenvalue weighted by Gasteiger charge is -2.36. The van der Waals surface area contributed by atoms with Gasteiger partial charge < -0.3 is 10.5 Å². The Kier molecular flexibility index (Phi) is 5.33. The second-order valence-electron chi connectivity index (χ2n) is 8.50. The van der Waals surface area contributed by atoms with Crippen LogP contribution in [0.15, 0.2) is 18.2 Å². The van der Waals surface area contributed by atoms with Gasteiger partial charge in [-0.3, -0.25) is 34.3 Å². The molecule has 0 aliphatic carbocycles. The number of piperidine rings is 2. The molecule has 9 heteroatoms. The van der Waals surface area contributed by atoms with Crippen LogP contribution < -0.4 is 15.8 Å². The first-order valence-electron chi connectivity index (χ1n) is 10.2. The minimum atomic E-state index is -0.966. The van der Waals surface area contributed by atoms with Crippen LogP contribution in [0.3, 0.4) is 0 Å². The molecule has 1 unspecified atom stereocenters. The molecular formula is C21H26N4O5. The number of amides is 4. The van der Waals surface area contributed by atoms with Gasteiger partial charge >= 0.3 is 0 Å². The molecule has 2 fully saturated rings. The minimum Gasteiger partial charge on any atom is -0.492 e. The summed E-state index contributed by atoms with van der Waals surface area (Å²) in [5.74, 6) is -1.57. The third-order valence-corrected chi connectivity index (χ3v) is 6.09. The van der Waals surface area contributed by atoms with Gasteiger partial charge in [0.2, 0.25) is 11.8 Å². The van der Waals surface area contributed by atoms with E-state index < -0.39 is 29.7 Å². The predicted octanol–water partition coefficient (Wildman–Crippen LogP) is 0.280. The van der Waals surface area contributed by atoms with Crippen molar-refractivity contribution in [1.82, 2.24) is 15.1 Å². The number of nitrogens with two attached hydrogens (primary N) is 1. The predicted molar refractivity (Wildman–Crippen MR) is 107 cm³/mol. The van der Waals surface area contributed by atoms with Gasteiger partial charge in [0.15, 0.2) is 0 Å². The SMILES string of the molecule is CC1(N)CCN(CCOc2ccc3c(c2)C(=O)N(C2CCC(=O)NC2=O)C3=O)CC1. The Labute approximate surface area is 174 Å². The summed E-state index contributed by atoms with van der Waals surface area (Å²) in [5, 5.41) is 2.19. The largest absolute Gasteiger partial charge is 0.492 e. The molecule has 0 radical (unpaired) electrons. The van der Waals surface area contributed by atoms with Gasteiger partial charge in [0.25, 0.3) is 11.8 Å². The third-order valence-electron chi connectivity index (χ3n) is 6.09. The van der Waals surface area contributed by atoms with Crippen LogP contribution in [0, 0.1) is 0 Å². The van der Waals surface area contributed by atoms with E-state index in [2.05, 4.69) is 17.1 Å². The maximum absolute atomic E-state index is 12.8. The molecule has 3 N–H and O–H groups in total. The molecule has 160 valence electrons. The highest BCUT2D eigenvalue weighted by atomic mass is 16.5. The fraction of sp³-hybridized carbons (Fsp3) is 0.524. The molecule has 9 nitrogen and oxygen atoms in total. The number of carbonyl (C=O) groups excluding carboxylic acids is 4. The molecular weight excluding hydrogens is 388 g/mol. The molecule has 2 saturated heterocycles. The van der Waals surface area contributed by atoms with E-state index in [4.69, 9.17) is 10.5 Å². The Balaban J connectivity index is 1.38. The lowest BCUT2D eigenvalue weighted by Crippen LogP contribution is -2.54. The fourth-order valence-corrected chi connectivity index (χ4v) is 4.12. The first-order valence-corrected chi connectivity index (χ1v) is 10.2. The number of hydrogen-bond acceptors (Lipinski definition) is 7. The van der Waals surface area contributed by atoms with Crippen molar-refractivity contribution in [2.24, 2.45) is 5.73 Å². The van der Waals surface area contributed by atoms with Gasteiger partial charge in [-0.15, -0.1) is 0 Å². The zero-order chi connectivity index (χ0) is 21.5. The molecule has 3 heterocycles. The highest BCUT2D eigenvalue weighted by molar-refractivity contribution is 6.23. The lowest BCUT2D eigenvalue weighted by molar-refractivity contribution is -0.136. The summed E-state index contributed by atoms with van der Waals surface area (Å²) in [4.78, 5) is 52.3. The normalized spacial score (nSPS) is 24.1. The maximum Gasteiger partial charge on any atom is 0.262 e. The van der Waals surface area contributed by atoms with E-state index in [1.165, 1.54) is 0 Å². The zero-order valence-electron chi connectivity index (χ0n) is 17.0. The highest BCUT2D eigenvalue weighted by Gasteiger charge is 2.44. The van der Waals surface area contributed by atoms with Crippen molar-refractivity contribution in [3.05, 3.63) is 29.3 Å². The number of hydrogen-bond donors (Lipinski definition) is 2. The van der Waals surface area contributed by atoms with Crippen molar-refractivity contribution in [2.75, 3.05) is 26.2 Å². The quantitative estimate of drug-likeness (QED) is 0.664. The Morgan fingerprint density at radius 3 is 2.53 bits per heavy atom. The topological polar surface area (TPSA) is 122 Å². The number of nitrogens with one attached hydrogen (secondary N) is 1. The summed E-state index contributed by atoms with van der Waals surface area (Å²) in [5.41, 5.74) is 6.52. The molecule has 0 spiro atoms. The van der Waals surface area contributed by atoms with Crippen LogP contribution in [0.5, 0.6) is 5.75 Å². The van der Waals surface area contributed by atoms with Crippen LogP contribution in [-0.2, 0) is 9.59 Å². The number of likely N-dealkylation sites (tertiary alicyclic amines) is 1. The summed E-state index contributed by atoms with van der Waals surface area (Å²) in [7, 11) is 0. The Morgan fingerprint density at radius 1 is 1.13 bits per heavy atom. The first-order chi connectivity index (χ1) is 14.2. The molecule has 0 saturated carbocycles. The summed E-state index contributed by atoms with van der Waals surface area (Å²) in [6, 6.07) is 3.80. The smallest absolute Gasteiger partial charge is 0.262 e. The van der Waals surface area contributed by atoms with E-state index >= 15 is 0 Å². The van der Waals surface area contributed by atoms with E-state index in [9.17, 15) is 19.2 Å². The van der Waals surface area contributed by atoms with Gasteiger partial charge in [-0.25, -0.2) is 0 Å². The van der Waals surface area contributed by atoms with E-state index in [1.807, 2.05) is 0 Å². The molecule has 4 rings (SSSR count). The number of nitrogens with zero attached hydrogens (tertiary/aromatic N) is 2. The molecule has 0 aromatic heterocycles. The van der Waals surface area contributed by atoms with Crippen LogP contribution in [0.2, 0.25) is 0 Å². The van der Waals surface area contributed by atoms with E-state index in [1.54, 1.807) is 18.2 Å². The van der Waals surface area contributed by atoms with Crippen LogP contribution in [0.25, 0.3) is 0 Å². The standard InChI is InChI=1S/C21H26N4O5/c1-21(22)6-8-24(9-7-21)10-11-30-13-2-3-14-15(12-13)20(29)25(19(14)28)16-4-5-17(26)23-18(16)27/h2-3,12,16H,4-11,22H2,1H3,(H,23,26,27). The molecule has 1 aromatic carbocycles. The number of fused-ring (bicyclic) bond motifs is 1. The summed E-state index contributed by atoms with van der Waals surface area (Å²) >= 11 is 0. The Morgan fingerprint density at radius 2 is 1.83 bits per heavy atom. The highest BCUT2D eigenvalue weighted by Crippen LogP contribution is 2.30. The van der Waals surface area contributed by atoms with E-state index in [0.29, 0.717) is 12.4 Å². The molecule has 3 aliphatic rings. The fourth-order valence-electron chi connectivity index (χ4n) is 4.12. The number of benzene rings is 1. The maximum atomic E-state index is 12.8.